The minimum atomic E-state index is -5.08. The predicted octanol–water partition coefficient (Wildman–Crippen LogP) is 3.01. The van der Waals surface area contributed by atoms with Crippen LogP contribution in [0.3, 0.4) is 0 Å². The molecule has 0 radical (unpaired) electrons. The number of carboxylic acid groups (broad SMARTS) is 1. The van der Waals surface area contributed by atoms with Crippen molar-refractivity contribution >= 4 is 16.0 Å². The molecule has 9 nitrogen and oxygen atoms in total. The lowest BCUT2D eigenvalue weighted by atomic mass is 10.0. The lowest BCUT2D eigenvalue weighted by Crippen LogP contribution is -2.48. The van der Waals surface area contributed by atoms with Crippen LogP contribution in [0.15, 0.2) is 51.8 Å². The predicted molar refractivity (Wildman–Crippen MR) is 92.8 cm³/mol. The summed E-state index contributed by atoms with van der Waals surface area (Å²) in [6.45, 7) is 0.545. The summed E-state index contributed by atoms with van der Waals surface area (Å²) < 4.78 is 96.9. The fraction of sp³-hybridized carbons (Fsp3) is 0.375. The molecule has 1 aromatic carbocycles. The van der Waals surface area contributed by atoms with Gasteiger partial charge in [0.2, 0.25) is 10.0 Å². The molecule has 0 bridgehead atoms. The van der Waals surface area contributed by atoms with E-state index in [0.717, 1.165) is 24.3 Å². The van der Waals surface area contributed by atoms with Crippen LogP contribution in [0.2, 0.25) is 0 Å². The van der Waals surface area contributed by atoms with Crippen LogP contribution in [0.4, 0.5) is 26.3 Å². The average Bonchev–Trinajstić information content (AvgIpc) is 3.31. The van der Waals surface area contributed by atoms with Crippen LogP contribution in [-0.2, 0) is 20.5 Å². The normalized spacial score (nSPS) is 18.4. The third-order valence-electron chi connectivity index (χ3n) is 4.59. The molecule has 1 aromatic heterocycles. The number of aromatic nitrogens is 2. The Bertz CT molecular complexity index is 1100. The van der Waals surface area contributed by atoms with Gasteiger partial charge in [-0.25, -0.2) is 18.2 Å². The number of halogens is 6. The number of carbonyl (C=O) groups is 1. The highest BCUT2D eigenvalue weighted by atomic mass is 32.2. The number of nitrogens with zero attached hydrogens (tertiary/aromatic N) is 4. The molecule has 2 aliphatic heterocycles. The van der Waals surface area contributed by atoms with E-state index in [0.29, 0.717) is 5.82 Å². The highest BCUT2D eigenvalue weighted by molar-refractivity contribution is 7.89. The van der Waals surface area contributed by atoms with Gasteiger partial charge in [0.1, 0.15) is 5.82 Å². The number of hydrogen-bond donors (Lipinski definition) is 2. The van der Waals surface area contributed by atoms with Crippen LogP contribution in [0, 0.1) is 0 Å². The molecule has 16 heteroatoms. The molecule has 2 N–H and O–H groups in total. The molecule has 1 saturated heterocycles. The van der Waals surface area contributed by atoms with Crippen molar-refractivity contribution in [2.75, 3.05) is 13.1 Å². The third-order valence-corrected chi connectivity index (χ3v) is 6.43. The fourth-order valence-corrected chi connectivity index (χ4v) is 4.29. The highest BCUT2D eigenvalue weighted by Crippen LogP contribution is 2.52. The number of sulfonamides is 1. The van der Waals surface area contributed by atoms with Crippen LogP contribution in [0.25, 0.3) is 0 Å². The molecular weight excluding hydrogens is 472 g/mol. The SMILES string of the molecule is O=C(O)C(F)(F)F.O=S(=O)(c1ccc(C2(C(F)(F)F)N=N2)cc1)N1CC(c2ncc[nH]2)C1. The van der Waals surface area contributed by atoms with E-state index in [4.69, 9.17) is 9.90 Å². The van der Waals surface area contributed by atoms with Gasteiger partial charge in [0.25, 0.3) is 0 Å². The Morgan fingerprint density at radius 3 is 2.00 bits per heavy atom. The van der Waals surface area contributed by atoms with Gasteiger partial charge in [-0.15, -0.1) is 10.2 Å². The van der Waals surface area contributed by atoms with Crippen LogP contribution in [-0.4, -0.2) is 59.2 Å². The maximum Gasteiger partial charge on any atom is 0.490 e. The number of imidazole rings is 1. The van der Waals surface area contributed by atoms with Gasteiger partial charge in [0, 0.05) is 37.0 Å². The number of rotatable bonds is 4. The van der Waals surface area contributed by atoms with E-state index in [1.165, 1.54) is 4.31 Å². The zero-order valence-corrected chi connectivity index (χ0v) is 16.4. The Hall–Kier alpha value is -3.01. The van der Waals surface area contributed by atoms with Gasteiger partial charge in [-0.05, 0) is 12.1 Å². The molecule has 0 saturated carbocycles. The van der Waals surface area contributed by atoms with Gasteiger partial charge >= 0.3 is 24.0 Å². The first-order valence-electron chi connectivity index (χ1n) is 8.59. The maximum absolute atomic E-state index is 13.0. The Balaban J connectivity index is 0.000000360. The van der Waals surface area contributed by atoms with E-state index >= 15 is 0 Å². The molecule has 2 aliphatic rings. The van der Waals surface area contributed by atoms with Gasteiger partial charge in [0.15, 0.2) is 0 Å². The van der Waals surface area contributed by atoms with E-state index in [-0.39, 0.29) is 29.5 Å². The summed E-state index contributed by atoms with van der Waals surface area (Å²) in [6.07, 6.45) is -6.47. The lowest BCUT2D eigenvalue weighted by Gasteiger charge is -2.36. The minimum Gasteiger partial charge on any atom is -0.475 e. The Kier molecular flexibility index (Phi) is 5.80. The van der Waals surface area contributed by atoms with Crippen LogP contribution < -0.4 is 0 Å². The number of benzene rings is 1. The van der Waals surface area contributed by atoms with E-state index < -0.39 is 34.0 Å². The van der Waals surface area contributed by atoms with Crippen molar-refractivity contribution in [2.24, 2.45) is 10.2 Å². The van der Waals surface area contributed by atoms with Gasteiger partial charge in [0.05, 0.1) is 4.90 Å². The van der Waals surface area contributed by atoms with Gasteiger partial charge in [-0.1, -0.05) is 12.1 Å². The molecule has 0 amide bonds. The standard InChI is InChI=1S/C14H12F3N5O2S.C2HF3O2/c15-14(16,17)13(20-21-13)10-1-3-11(4-2-10)25(23,24)22-7-9(8-22)12-18-5-6-19-12;3-2(4,5)1(6)7/h1-6,9H,7-8H2,(H,18,19);(H,6,7). The Labute approximate surface area is 175 Å². The monoisotopic (exact) mass is 485 g/mol. The number of aromatic amines is 1. The summed E-state index contributed by atoms with van der Waals surface area (Å²) in [7, 11) is -3.75. The first-order chi connectivity index (χ1) is 14.7. The van der Waals surface area contributed by atoms with Crippen molar-refractivity contribution < 1.29 is 44.7 Å². The van der Waals surface area contributed by atoms with Crippen LogP contribution in [0.5, 0.6) is 0 Å². The molecule has 174 valence electrons. The van der Waals surface area contributed by atoms with Crippen LogP contribution >= 0.6 is 0 Å². The van der Waals surface area contributed by atoms with Crippen molar-refractivity contribution in [2.45, 2.75) is 28.8 Å². The highest BCUT2D eigenvalue weighted by Gasteiger charge is 2.65. The second-order valence-electron chi connectivity index (χ2n) is 6.69. The second-order valence-corrected chi connectivity index (χ2v) is 8.63. The molecular formula is C16H13F6N5O4S. The first kappa shape index (κ1) is 23.6. The van der Waals surface area contributed by atoms with Crippen molar-refractivity contribution in [3.05, 3.63) is 48.0 Å². The van der Waals surface area contributed by atoms with Crippen molar-refractivity contribution in [1.82, 2.24) is 14.3 Å². The summed E-state index contributed by atoms with van der Waals surface area (Å²) in [5, 5.41) is 13.3. The molecule has 3 heterocycles. The average molecular weight is 485 g/mol. The molecule has 4 rings (SSSR count). The largest absolute Gasteiger partial charge is 0.490 e. The summed E-state index contributed by atoms with van der Waals surface area (Å²) in [4.78, 5) is 15.9. The van der Waals surface area contributed by atoms with Gasteiger partial charge in [-0.2, -0.15) is 30.6 Å². The molecule has 1 fully saturated rings. The second kappa shape index (κ2) is 7.84. The number of carboxylic acids is 1. The number of nitrogens with one attached hydrogen (secondary N) is 1. The van der Waals surface area contributed by atoms with E-state index in [9.17, 15) is 34.8 Å². The zero-order valence-electron chi connectivity index (χ0n) is 15.6. The number of H-pyrrole nitrogens is 1. The lowest BCUT2D eigenvalue weighted by molar-refractivity contribution is -0.192. The molecule has 0 spiro atoms. The fourth-order valence-electron chi connectivity index (χ4n) is 2.76. The molecule has 0 unspecified atom stereocenters. The summed E-state index contributed by atoms with van der Waals surface area (Å²) in [5.74, 6) is -2.06. The molecule has 32 heavy (non-hydrogen) atoms. The Morgan fingerprint density at radius 1 is 1.09 bits per heavy atom. The van der Waals surface area contributed by atoms with E-state index in [2.05, 4.69) is 20.2 Å². The first-order valence-corrected chi connectivity index (χ1v) is 10.0. The molecule has 2 aromatic rings. The van der Waals surface area contributed by atoms with Crippen molar-refractivity contribution in [1.29, 1.82) is 0 Å². The smallest absolute Gasteiger partial charge is 0.475 e. The molecule has 0 atom stereocenters. The minimum absolute atomic E-state index is 0.0124. The number of hydrogen-bond acceptors (Lipinski definition) is 6. The number of alkyl halides is 6. The maximum atomic E-state index is 13.0. The quantitative estimate of drug-likeness (QED) is 0.644. The molecule has 0 aliphatic carbocycles. The van der Waals surface area contributed by atoms with E-state index in [1.807, 2.05) is 0 Å². The summed E-state index contributed by atoms with van der Waals surface area (Å²) in [5.41, 5.74) is -2.74. The zero-order chi connectivity index (χ0) is 23.9. The third kappa shape index (κ3) is 4.45. The van der Waals surface area contributed by atoms with Crippen molar-refractivity contribution in [3.8, 4) is 0 Å². The number of aliphatic carboxylic acids is 1. The summed E-state index contributed by atoms with van der Waals surface area (Å²) in [6, 6.07) is 4.51. The van der Waals surface area contributed by atoms with E-state index in [1.54, 1.807) is 12.4 Å². The van der Waals surface area contributed by atoms with Crippen molar-refractivity contribution in [3.63, 3.8) is 0 Å². The van der Waals surface area contributed by atoms with Gasteiger partial charge < -0.3 is 10.1 Å². The van der Waals surface area contributed by atoms with Gasteiger partial charge in [-0.3, -0.25) is 0 Å². The Morgan fingerprint density at radius 2 is 1.62 bits per heavy atom. The topological polar surface area (TPSA) is 128 Å². The van der Waals surface area contributed by atoms with Crippen LogP contribution in [0.1, 0.15) is 17.3 Å². The summed E-state index contributed by atoms with van der Waals surface area (Å²) >= 11 is 0.